The van der Waals surface area contributed by atoms with Gasteiger partial charge in [-0.2, -0.15) is 0 Å². The van der Waals surface area contributed by atoms with Crippen LogP contribution in [-0.4, -0.2) is 22.8 Å². The van der Waals surface area contributed by atoms with Crippen LogP contribution in [-0.2, 0) is 16.1 Å². The third-order valence-corrected chi connectivity index (χ3v) is 4.66. The Balaban J connectivity index is 1.73. The number of rotatable bonds is 4. The number of hydrogen-bond donors (Lipinski definition) is 1. The van der Waals surface area contributed by atoms with E-state index in [1.807, 2.05) is 18.2 Å². The van der Waals surface area contributed by atoms with E-state index in [0.29, 0.717) is 35.1 Å². The Hall–Kier alpha value is -2.04. The first-order valence-corrected chi connectivity index (χ1v) is 8.39. The SMILES string of the molecule is O=C(Nc1ccc(Cl)cc1)[C@H]1CCC(=O)N1Cc1ccccc1Cl. The van der Waals surface area contributed by atoms with E-state index in [-0.39, 0.29) is 11.8 Å². The van der Waals surface area contributed by atoms with Gasteiger partial charge in [-0.25, -0.2) is 0 Å². The summed E-state index contributed by atoms with van der Waals surface area (Å²) in [6.45, 7) is 0.331. The Morgan fingerprint density at radius 3 is 2.54 bits per heavy atom. The first-order valence-electron chi connectivity index (χ1n) is 7.64. The van der Waals surface area contributed by atoms with E-state index in [0.717, 1.165) is 5.56 Å². The highest BCUT2D eigenvalue weighted by molar-refractivity contribution is 6.31. The molecule has 1 aliphatic rings. The molecule has 1 saturated heterocycles. The highest BCUT2D eigenvalue weighted by Gasteiger charge is 2.36. The number of nitrogens with zero attached hydrogens (tertiary/aromatic N) is 1. The smallest absolute Gasteiger partial charge is 0.247 e. The molecule has 0 unspecified atom stereocenters. The lowest BCUT2D eigenvalue weighted by Gasteiger charge is -2.24. The summed E-state index contributed by atoms with van der Waals surface area (Å²) in [6.07, 6.45) is 0.867. The van der Waals surface area contributed by atoms with Crippen LogP contribution in [0.5, 0.6) is 0 Å². The minimum Gasteiger partial charge on any atom is -0.326 e. The maximum Gasteiger partial charge on any atom is 0.247 e. The summed E-state index contributed by atoms with van der Waals surface area (Å²) in [7, 11) is 0. The van der Waals surface area contributed by atoms with Crippen LogP contribution in [0.2, 0.25) is 10.0 Å². The summed E-state index contributed by atoms with van der Waals surface area (Å²) < 4.78 is 0. The maximum absolute atomic E-state index is 12.6. The average Bonchev–Trinajstić information content (AvgIpc) is 2.93. The summed E-state index contributed by atoms with van der Waals surface area (Å²) >= 11 is 12.0. The van der Waals surface area contributed by atoms with Gasteiger partial charge in [-0.1, -0.05) is 41.4 Å². The van der Waals surface area contributed by atoms with E-state index in [2.05, 4.69) is 5.32 Å². The van der Waals surface area contributed by atoms with Crippen LogP contribution >= 0.6 is 23.2 Å². The van der Waals surface area contributed by atoms with Gasteiger partial charge in [0, 0.05) is 28.7 Å². The largest absolute Gasteiger partial charge is 0.326 e. The lowest BCUT2D eigenvalue weighted by Crippen LogP contribution is -2.41. The molecule has 1 atom stereocenters. The molecule has 1 fully saturated rings. The van der Waals surface area contributed by atoms with E-state index in [9.17, 15) is 9.59 Å². The van der Waals surface area contributed by atoms with Crippen LogP contribution in [0.4, 0.5) is 5.69 Å². The molecule has 1 heterocycles. The van der Waals surface area contributed by atoms with Gasteiger partial charge in [0.1, 0.15) is 6.04 Å². The number of carbonyl (C=O) groups excluding carboxylic acids is 2. The van der Waals surface area contributed by atoms with Gasteiger partial charge in [0.2, 0.25) is 11.8 Å². The lowest BCUT2D eigenvalue weighted by atomic mass is 10.1. The fraction of sp³-hybridized carbons (Fsp3) is 0.222. The van der Waals surface area contributed by atoms with Crippen LogP contribution in [0, 0.1) is 0 Å². The second-order valence-corrected chi connectivity index (χ2v) is 6.51. The van der Waals surface area contributed by atoms with E-state index >= 15 is 0 Å². The third-order valence-electron chi connectivity index (χ3n) is 4.04. The van der Waals surface area contributed by atoms with E-state index in [1.54, 1.807) is 35.2 Å². The number of nitrogens with one attached hydrogen (secondary N) is 1. The second kappa shape index (κ2) is 7.24. The number of benzene rings is 2. The van der Waals surface area contributed by atoms with Gasteiger partial charge < -0.3 is 10.2 Å². The summed E-state index contributed by atoms with van der Waals surface area (Å²) in [5.74, 6) is -0.235. The number of anilines is 1. The van der Waals surface area contributed by atoms with Gasteiger partial charge in [-0.05, 0) is 42.3 Å². The van der Waals surface area contributed by atoms with Crippen molar-refractivity contribution >= 4 is 40.7 Å². The molecule has 0 aliphatic carbocycles. The molecule has 6 heteroatoms. The summed E-state index contributed by atoms with van der Waals surface area (Å²) in [4.78, 5) is 26.3. The Kier molecular flexibility index (Phi) is 5.07. The fourth-order valence-electron chi connectivity index (χ4n) is 2.77. The molecule has 0 saturated carbocycles. The molecule has 2 aromatic carbocycles. The molecular formula is C18H16Cl2N2O2. The van der Waals surface area contributed by atoms with Gasteiger partial charge in [0.15, 0.2) is 0 Å². The fourth-order valence-corrected chi connectivity index (χ4v) is 3.09. The molecule has 1 N–H and O–H groups in total. The molecular weight excluding hydrogens is 347 g/mol. The van der Waals surface area contributed by atoms with Crippen molar-refractivity contribution in [3.05, 3.63) is 64.1 Å². The van der Waals surface area contributed by atoms with Crippen molar-refractivity contribution in [3.63, 3.8) is 0 Å². The predicted octanol–water partition coefficient (Wildman–Crippen LogP) is 4.12. The summed E-state index contributed by atoms with van der Waals surface area (Å²) in [5.41, 5.74) is 1.49. The van der Waals surface area contributed by atoms with Gasteiger partial charge >= 0.3 is 0 Å². The van der Waals surface area contributed by atoms with Crippen molar-refractivity contribution in [1.29, 1.82) is 0 Å². The first-order chi connectivity index (χ1) is 11.5. The Morgan fingerprint density at radius 2 is 1.83 bits per heavy atom. The van der Waals surface area contributed by atoms with Crippen LogP contribution in [0.25, 0.3) is 0 Å². The Bertz CT molecular complexity index is 762. The third kappa shape index (κ3) is 3.71. The van der Waals surface area contributed by atoms with E-state index in [4.69, 9.17) is 23.2 Å². The highest BCUT2D eigenvalue weighted by atomic mass is 35.5. The quantitative estimate of drug-likeness (QED) is 0.888. The lowest BCUT2D eigenvalue weighted by molar-refractivity contribution is -0.133. The Labute approximate surface area is 150 Å². The van der Waals surface area contributed by atoms with E-state index < -0.39 is 6.04 Å². The Morgan fingerprint density at radius 1 is 1.12 bits per heavy atom. The van der Waals surface area contributed by atoms with Crippen LogP contribution in [0.15, 0.2) is 48.5 Å². The monoisotopic (exact) mass is 362 g/mol. The summed E-state index contributed by atoms with van der Waals surface area (Å²) in [6, 6.07) is 13.7. The molecule has 0 radical (unpaired) electrons. The highest BCUT2D eigenvalue weighted by Crippen LogP contribution is 2.26. The van der Waals surface area contributed by atoms with Crippen molar-refractivity contribution in [2.45, 2.75) is 25.4 Å². The zero-order chi connectivity index (χ0) is 17.1. The maximum atomic E-state index is 12.6. The van der Waals surface area contributed by atoms with Gasteiger partial charge in [-0.15, -0.1) is 0 Å². The molecule has 3 rings (SSSR count). The molecule has 4 nitrogen and oxygen atoms in total. The second-order valence-electron chi connectivity index (χ2n) is 5.66. The van der Waals surface area contributed by atoms with Crippen LogP contribution < -0.4 is 5.32 Å². The minimum absolute atomic E-state index is 0.0359. The molecule has 2 amide bonds. The van der Waals surface area contributed by atoms with Gasteiger partial charge in [-0.3, -0.25) is 9.59 Å². The van der Waals surface area contributed by atoms with Crippen LogP contribution in [0.1, 0.15) is 18.4 Å². The molecule has 0 bridgehead atoms. The van der Waals surface area contributed by atoms with Crippen molar-refractivity contribution in [3.8, 4) is 0 Å². The number of halogens is 2. The predicted molar refractivity (Wildman–Crippen MR) is 95.1 cm³/mol. The zero-order valence-electron chi connectivity index (χ0n) is 12.8. The number of hydrogen-bond acceptors (Lipinski definition) is 2. The van der Waals surface area contributed by atoms with Crippen molar-refractivity contribution in [2.24, 2.45) is 0 Å². The first kappa shape index (κ1) is 16.8. The molecule has 0 aromatic heterocycles. The number of likely N-dealkylation sites (tertiary alicyclic amines) is 1. The van der Waals surface area contributed by atoms with Crippen molar-refractivity contribution in [2.75, 3.05) is 5.32 Å². The molecule has 124 valence electrons. The zero-order valence-corrected chi connectivity index (χ0v) is 14.3. The van der Waals surface area contributed by atoms with Gasteiger partial charge in [0.25, 0.3) is 0 Å². The molecule has 0 spiro atoms. The number of carbonyl (C=O) groups is 2. The van der Waals surface area contributed by atoms with E-state index in [1.165, 1.54) is 0 Å². The van der Waals surface area contributed by atoms with Gasteiger partial charge in [0.05, 0.1) is 0 Å². The summed E-state index contributed by atoms with van der Waals surface area (Å²) in [5, 5.41) is 4.03. The molecule has 2 aromatic rings. The average molecular weight is 363 g/mol. The topological polar surface area (TPSA) is 49.4 Å². The standard InChI is InChI=1S/C18H16Cl2N2O2/c19-13-5-7-14(8-6-13)21-18(24)16-9-10-17(23)22(16)11-12-3-1-2-4-15(12)20/h1-8,16H,9-11H2,(H,21,24)/t16-/m1/s1. The van der Waals surface area contributed by atoms with Crippen LogP contribution in [0.3, 0.4) is 0 Å². The van der Waals surface area contributed by atoms with Crippen molar-refractivity contribution < 1.29 is 9.59 Å². The minimum atomic E-state index is -0.496. The number of amides is 2. The molecule has 1 aliphatic heterocycles. The van der Waals surface area contributed by atoms with Crippen molar-refractivity contribution in [1.82, 2.24) is 4.90 Å². The normalized spacial score (nSPS) is 17.2. The molecule has 24 heavy (non-hydrogen) atoms.